The number of amides is 1. The van der Waals surface area contributed by atoms with E-state index >= 15 is 0 Å². The maximum Gasteiger partial charge on any atom is 0.264 e. The van der Waals surface area contributed by atoms with E-state index in [1.165, 1.54) is 36.0 Å². The number of rotatable bonds is 10. The molecule has 1 amide bonds. The summed E-state index contributed by atoms with van der Waals surface area (Å²) in [5.74, 6) is -0.264. The van der Waals surface area contributed by atoms with Crippen LogP contribution in [-0.4, -0.2) is 33.7 Å². The zero-order chi connectivity index (χ0) is 24.7. The number of thioether (sulfide) groups is 1. The molecule has 0 unspecified atom stereocenters. The van der Waals surface area contributed by atoms with E-state index in [9.17, 15) is 17.6 Å². The number of carbonyl (C=O) groups excluding carboxylic acids is 1. The van der Waals surface area contributed by atoms with Crippen LogP contribution in [0.15, 0.2) is 82.6 Å². The average Bonchev–Trinajstić information content (AvgIpc) is 2.83. The van der Waals surface area contributed by atoms with Crippen LogP contribution in [-0.2, 0) is 14.8 Å². The number of hydrogen-bond donors (Lipinski definition) is 1. The van der Waals surface area contributed by atoms with Crippen molar-refractivity contribution in [2.75, 3.05) is 23.7 Å². The largest absolute Gasteiger partial charge is 0.494 e. The van der Waals surface area contributed by atoms with Crippen LogP contribution < -0.4 is 14.4 Å². The minimum absolute atomic E-state index is 0.0820. The quantitative estimate of drug-likeness (QED) is 0.394. The summed E-state index contributed by atoms with van der Waals surface area (Å²) in [6.07, 6.45) is 1.91. The fourth-order valence-electron chi connectivity index (χ4n) is 3.32. The van der Waals surface area contributed by atoms with E-state index in [-0.39, 0.29) is 10.7 Å². The molecule has 0 heterocycles. The molecule has 6 nitrogen and oxygen atoms in total. The molecule has 34 heavy (non-hydrogen) atoms. The van der Waals surface area contributed by atoms with Crippen LogP contribution in [0.2, 0.25) is 0 Å². The van der Waals surface area contributed by atoms with Crippen molar-refractivity contribution in [2.45, 2.75) is 29.7 Å². The van der Waals surface area contributed by atoms with Gasteiger partial charge in [-0.25, -0.2) is 12.8 Å². The minimum atomic E-state index is -4.03. The Morgan fingerprint density at radius 3 is 2.21 bits per heavy atom. The molecule has 3 aromatic carbocycles. The van der Waals surface area contributed by atoms with Crippen molar-refractivity contribution in [3.05, 3.63) is 84.2 Å². The van der Waals surface area contributed by atoms with E-state index in [0.29, 0.717) is 23.6 Å². The lowest BCUT2D eigenvalue weighted by atomic mass is 10.1. The molecule has 1 N–H and O–H groups in total. The van der Waals surface area contributed by atoms with Crippen molar-refractivity contribution in [1.29, 1.82) is 0 Å². The number of sulfonamides is 1. The van der Waals surface area contributed by atoms with Crippen LogP contribution in [0.4, 0.5) is 10.1 Å². The molecule has 0 aromatic heterocycles. The van der Waals surface area contributed by atoms with Crippen LogP contribution in [0.1, 0.15) is 25.5 Å². The van der Waals surface area contributed by atoms with Crippen molar-refractivity contribution in [3.63, 3.8) is 0 Å². The van der Waals surface area contributed by atoms with Crippen LogP contribution in [0, 0.1) is 5.82 Å². The Balaban J connectivity index is 1.88. The first-order valence-electron chi connectivity index (χ1n) is 10.7. The summed E-state index contributed by atoms with van der Waals surface area (Å²) in [5, 5.41) is 2.79. The molecule has 0 saturated carbocycles. The van der Waals surface area contributed by atoms with Gasteiger partial charge in [0, 0.05) is 4.90 Å². The lowest BCUT2D eigenvalue weighted by molar-refractivity contribution is -0.120. The fraction of sp³-hybridized carbons (Fsp3) is 0.240. The Bertz CT molecular complexity index is 1200. The Morgan fingerprint density at radius 1 is 1.03 bits per heavy atom. The molecule has 0 saturated heterocycles. The van der Waals surface area contributed by atoms with E-state index < -0.39 is 28.5 Å². The number of ether oxygens (including phenoxy) is 1. The number of nitrogens with zero attached hydrogens (tertiary/aromatic N) is 1. The van der Waals surface area contributed by atoms with E-state index in [4.69, 9.17) is 4.74 Å². The van der Waals surface area contributed by atoms with Crippen LogP contribution >= 0.6 is 11.8 Å². The monoisotopic (exact) mass is 502 g/mol. The molecule has 0 spiro atoms. The molecular weight excluding hydrogens is 475 g/mol. The standard InChI is InChI=1S/C25H27FN2O4S2/c1-4-32-22-11-9-21(10-12-22)28(34(30,31)24-15-13-23(33-3)14-16-24)17-25(29)27-18(2)19-5-7-20(26)8-6-19/h5-16,18H,4,17H2,1-3H3,(H,27,29)/t18-/m0/s1. The first kappa shape index (κ1) is 25.6. The molecule has 0 fully saturated rings. The van der Waals surface area contributed by atoms with Gasteiger partial charge in [-0.15, -0.1) is 11.8 Å². The van der Waals surface area contributed by atoms with Crippen molar-refractivity contribution >= 4 is 33.4 Å². The molecule has 0 bridgehead atoms. The third-order valence-corrected chi connectivity index (χ3v) is 7.65. The maximum atomic E-state index is 13.5. The number of nitrogens with one attached hydrogen (secondary N) is 1. The summed E-state index contributed by atoms with van der Waals surface area (Å²) < 4.78 is 46.8. The zero-order valence-corrected chi connectivity index (χ0v) is 20.8. The number of hydrogen-bond acceptors (Lipinski definition) is 5. The average molecular weight is 503 g/mol. The molecule has 0 aliphatic heterocycles. The normalized spacial score (nSPS) is 12.1. The first-order valence-corrected chi connectivity index (χ1v) is 13.4. The molecule has 0 aliphatic rings. The van der Waals surface area contributed by atoms with Gasteiger partial charge in [-0.05, 0) is 86.3 Å². The number of carbonyl (C=O) groups is 1. The lowest BCUT2D eigenvalue weighted by Gasteiger charge is -2.25. The number of anilines is 1. The molecular formula is C25H27FN2O4S2. The summed E-state index contributed by atoms with van der Waals surface area (Å²) >= 11 is 1.51. The smallest absolute Gasteiger partial charge is 0.264 e. The number of halogens is 1. The van der Waals surface area contributed by atoms with Gasteiger partial charge in [-0.1, -0.05) is 12.1 Å². The minimum Gasteiger partial charge on any atom is -0.494 e. The van der Waals surface area contributed by atoms with Crippen molar-refractivity contribution in [1.82, 2.24) is 5.32 Å². The first-order chi connectivity index (χ1) is 16.2. The van der Waals surface area contributed by atoms with Gasteiger partial charge in [-0.2, -0.15) is 0 Å². The van der Waals surface area contributed by atoms with E-state index in [1.807, 2.05) is 13.2 Å². The third kappa shape index (κ3) is 6.30. The van der Waals surface area contributed by atoms with E-state index in [0.717, 1.165) is 9.20 Å². The van der Waals surface area contributed by atoms with Gasteiger partial charge in [0.05, 0.1) is 23.2 Å². The maximum absolute atomic E-state index is 13.5. The second kappa shape index (κ2) is 11.4. The lowest BCUT2D eigenvalue weighted by Crippen LogP contribution is -2.41. The Morgan fingerprint density at radius 2 is 1.65 bits per heavy atom. The summed E-state index contributed by atoms with van der Waals surface area (Å²) in [4.78, 5) is 13.9. The fourth-order valence-corrected chi connectivity index (χ4v) is 5.15. The molecule has 180 valence electrons. The van der Waals surface area contributed by atoms with Gasteiger partial charge in [0.15, 0.2) is 0 Å². The van der Waals surface area contributed by atoms with Gasteiger partial charge < -0.3 is 10.1 Å². The SMILES string of the molecule is CCOc1ccc(N(CC(=O)N[C@@H](C)c2ccc(F)cc2)S(=O)(=O)c2ccc(SC)cc2)cc1. The molecule has 3 aromatic rings. The van der Waals surface area contributed by atoms with Gasteiger partial charge in [0.1, 0.15) is 18.1 Å². The summed E-state index contributed by atoms with van der Waals surface area (Å²) in [7, 11) is -4.03. The predicted molar refractivity (Wildman–Crippen MR) is 133 cm³/mol. The number of benzene rings is 3. The molecule has 3 rings (SSSR count). The molecule has 1 atom stereocenters. The highest BCUT2D eigenvalue weighted by Gasteiger charge is 2.28. The van der Waals surface area contributed by atoms with Crippen molar-refractivity contribution in [3.8, 4) is 5.75 Å². The van der Waals surface area contributed by atoms with Gasteiger partial charge >= 0.3 is 0 Å². The summed E-state index contributed by atoms with van der Waals surface area (Å²) in [6.45, 7) is 3.66. The molecule has 0 aliphatic carbocycles. The van der Waals surface area contributed by atoms with E-state index in [1.54, 1.807) is 55.5 Å². The summed E-state index contributed by atoms with van der Waals surface area (Å²) in [5.41, 5.74) is 1.04. The highest BCUT2D eigenvalue weighted by atomic mass is 32.2. The Kier molecular flexibility index (Phi) is 8.57. The second-order valence-electron chi connectivity index (χ2n) is 7.45. The Labute approximate surface area is 204 Å². The summed E-state index contributed by atoms with van der Waals surface area (Å²) in [6, 6.07) is 18.4. The van der Waals surface area contributed by atoms with Crippen LogP contribution in [0.25, 0.3) is 0 Å². The van der Waals surface area contributed by atoms with Gasteiger partial charge in [0.2, 0.25) is 5.91 Å². The second-order valence-corrected chi connectivity index (χ2v) is 10.2. The highest BCUT2D eigenvalue weighted by molar-refractivity contribution is 7.98. The molecule has 9 heteroatoms. The Hall–Kier alpha value is -3.04. The van der Waals surface area contributed by atoms with Crippen LogP contribution in [0.3, 0.4) is 0 Å². The predicted octanol–water partition coefficient (Wildman–Crippen LogP) is 5.02. The van der Waals surface area contributed by atoms with Crippen molar-refractivity contribution in [2.24, 2.45) is 0 Å². The van der Waals surface area contributed by atoms with Crippen LogP contribution in [0.5, 0.6) is 5.75 Å². The van der Waals surface area contributed by atoms with Gasteiger partial charge in [-0.3, -0.25) is 9.10 Å². The molecule has 0 radical (unpaired) electrons. The highest BCUT2D eigenvalue weighted by Crippen LogP contribution is 2.27. The topological polar surface area (TPSA) is 75.7 Å². The zero-order valence-electron chi connectivity index (χ0n) is 19.2. The van der Waals surface area contributed by atoms with E-state index in [2.05, 4.69) is 5.32 Å². The third-order valence-electron chi connectivity index (χ3n) is 5.12. The van der Waals surface area contributed by atoms with Gasteiger partial charge in [0.25, 0.3) is 10.0 Å². The van der Waals surface area contributed by atoms with Crippen molar-refractivity contribution < 1.29 is 22.3 Å².